The first-order chi connectivity index (χ1) is 22.3. The van der Waals surface area contributed by atoms with Crippen LogP contribution in [-0.4, -0.2) is 9.55 Å². The van der Waals surface area contributed by atoms with Crippen LogP contribution in [0.1, 0.15) is 24.0 Å². The van der Waals surface area contributed by atoms with Crippen molar-refractivity contribution in [1.82, 2.24) is 9.55 Å². The van der Waals surface area contributed by atoms with Gasteiger partial charge in [0.25, 0.3) is 0 Å². The average Bonchev–Trinajstić information content (AvgIpc) is 3.63. The second-order valence-electron chi connectivity index (χ2n) is 12.2. The zero-order valence-electron chi connectivity index (χ0n) is 24.7. The maximum Gasteiger partial charge on any atom is 0.0621 e. The Kier molecular flexibility index (Phi) is 5.15. The summed E-state index contributed by atoms with van der Waals surface area (Å²) >= 11 is 0. The monoisotopic (exact) mass is 572 g/mol. The topological polar surface area (TPSA) is 17.8 Å². The Morgan fingerprint density at radius 1 is 0.556 bits per heavy atom. The Balaban J connectivity index is 1.16. The molecule has 6 aromatic carbocycles. The van der Waals surface area contributed by atoms with E-state index in [1.807, 2.05) is 12.4 Å². The Morgan fingerprint density at radius 3 is 2.22 bits per heavy atom. The van der Waals surface area contributed by atoms with Gasteiger partial charge in [-0.05, 0) is 98.5 Å². The molecule has 2 aliphatic carbocycles. The van der Waals surface area contributed by atoms with Gasteiger partial charge in [-0.25, -0.2) is 0 Å². The van der Waals surface area contributed by atoms with E-state index < -0.39 is 0 Å². The molecule has 0 spiro atoms. The summed E-state index contributed by atoms with van der Waals surface area (Å²) in [6.45, 7) is 0. The normalized spacial score (nSPS) is 13.9. The van der Waals surface area contributed by atoms with Crippen molar-refractivity contribution in [3.8, 4) is 27.9 Å². The fourth-order valence-electron chi connectivity index (χ4n) is 7.96. The Labute approximate surface area is 261 Å². The highest BCUT2D eigenvalue weighted by Crippen LogP contribution is 2.48. The molecule has 0 bridgehead atoms. The lowest BCUT2D eigenvalue weighted by molar-refractivity contribution is 1.06. The van der Waals surface area contributed by atoms with Crippen molar-refractivity contribution in [3.05, 3.63) is 157 Å². The van der Waals surface area contributed by atoms with Gasteiger partial charge < -0.3 is 4.57 Å². The molecule has 210 valence electrons. The molecule has 0 atom stereocenters. The second kappa shape index (κ2) is 9.38. The van der Waals surface area contributed by atoms with Crippen LogP contribution in [0.25, 0.3) is 82.4 Å². The van der Waals surface area contributed by atoms with E-state index in [9.17, 15) is 0 Å². The number of hydrogen-bond donors (Lipinski definition) is 0. The second-order valence-corrected chi connectivity index (χ2v) is 12.2. The minimum atomic E-state index is 1.13. The van der Waals surface area contributed by atoms with Crippen molar-refractivity contribution in [2.45, 2.75) is 12.8 Å². The summed E-state index contributed by atoms with van der Waals surface area (Å²) in [7, 11) is 0. The van der Waals surface area contributed by atoms with Crippen molar-refractivity contribution >= 4 is 54.5 Å². The highest BCUT2D eigenvalue weighted by Gasteiger charge is 2.25. The predicted octanol–water partition coefficient (Wildman–Crippen LogP) is 11.4. The van der Waals surface area contributed by atoms with Gasteiger partial charge in [-0.15, -0.1) is 0 Å². The molecule has 2 heteroatoms. The zero-order valence-corrected chi connectivity index (χ0v) is 24.7. The first-order valence-electron chi connectivity index (χ1n) is 15.8. The summed E-state index contributed by atoms with van der Waals surface area (Å²) in [5.74, 6) is 0. The molecule has 0 saturated heterocycles. The van der Waals surface area contributed by atoms with Crippen LogP contribution in [0.5, 0.6) is 0 Å². The molecule has 8 aromatic rings. The molecule has 0 N–H and O–H groups in total. The number of nitrogens with zero attached hydrogens (tertiary/aromatic N) is 2. The van der Waals surface area contributed by atoms with Crippen molar-refractivity contribution in [1.29, 1.82) is 0 Å². The van der Waals surface area contributed by atoms with E-state index in [1.165, 1.54) is 82.5 Å². The molecule has 45 heavy (non-hydrogen) atoms. The highest BCUT2D eigenvalue weighted by molar-refractivity contribution is 6.22. The van der Waals surface area contributed by atoms with Crippen LogP contribution in [0.2, 0.25) is 0 Å². The van der Waals surface area contributed by atoms with E-state index in [1.54, 1.807) is 0 Å². The van der Waals surface area contributed by atoms with Gasteiger partial charge in [0, 0.05) is 39.6 Å². The lowest BCUT2D eigenvalue weighted by atomic mass is 9.91. The van der Waals surface area contributed by atoms with E-state index in [4.69, 9.17) is 0 Å². The highest BCUT2D eigenvalue weighted by atomic mass is 15.0. The quantitative estimate of drug-likeness (QED) is 0.206. The third kappa shape index (κ3) is 3.48. The molecule has 0 fully saturated rings. The lowest BCUT2D eigenvalue weighted by Gasteiger charge is -2.14. The van der Waals surface area contributed by atoms with Gasteiger partial charge in [-0.3, -0.25) is 4.98 Å². The summed E-state index contributed by atoms with van der Waals surface area (Å²) in [5.41, 5.74) is 14.3. The third-order valence-corrected chi connectivity index (χ3v) is 9.92. The number of hydrogen-bond acceptors (Lipinski definition) is 1. The van der Waals surface area contributed by atoms with E-state index in [-0.39, 0.29) is 0 Å². The molecule has 0 radical (unpaired) electrons. The summed E-state index contributed by atoms with van der Waals surface area (Å²) in [4.78, 5) is 4.60. The van der Waals surface area contributed by atoms with Gasteiger partial charge >= 0.3 is 0 Å². The number of para-hydroxylation sites is 2. The van der Waals surface area contributed by atoms with Crippen LogP contribution < -0.4 is 0 Å². The summed E-state index contributed by atoms with van der Waals surface area (Å²) in [5, 5.41) is 7.63. The summed E-state index contributed by atoms with van der Waals surface area (Å²) < 4.78 is 2.40. The van der Waals surface area contributed by atoms with E-state index >= 15 is 0 Å². The Hall–Kier alpha value is -5.73. The third-order valence-electron chi connectivity index (χ3n) is 9.92. The van der Waals surface area contributed by atoms with E-state index in [2.05, 4.69) is 143 Å². The van der Waals surface area contributed by atoms with Crippen LogP contribution in [0.15, 0.2) is 146 Å². The minimum Gasteiger partial charge on any atom is -0.309 e. The molecular formula is C43H28N2. The standard InChI is InChI=1S/C43H28N2/c1-2-9-29(10-3-1)45-41-16-7-6-13-33(41)39-25-38(40-26-44-24-23-37(40)43(39)45)28-19-17-27(18-20-28)30-21-22-36-32-12-5-4-11-31(32)35-15-8-14-34(30)42(35)36/h1-3,5-10,12-26H,4,11H2. The van der Waals surface area contributed by atoms with Crippen molar-refractivity contribution < 1.29 is 0 Å². The molecule has 0 amide bonds. The van der Waals surface area contributed by atoms with Crippen molar-refractivity contribution in [2.24, 2.45) is 0 Å². The van der Waals surface area contributed by atoms with Gasteiger partial charge in [0.05, 0.1) is 11.0 Å². The Bertz CT molecular complexity index is 2560. The molecule has 0 unspecified atom stereocenters. The summed E-state index contributed by atoms with van der Waals surface area (Å²) in [6, 6.07) is 44.6. The molecule has 10 rings (SSSR count). The minimum absolute atomic E-state index is 1.13. The SMILES string of the molecule is C1=CC2=C(CC1)c1cccc3c(-c4ccc(-c5cc6c7ccccc7n(-c7ccccc7)c6c6ccncc56)cc4)ccc2c13. The largest absolute Gasteiger partial charge is 0.309 e. The fourth-order valence-corrected chi connectivity index (χ4v) is 7.96. The van der Waals surface area contributed by atoms with Crippen LogP contribution in [0, 0.1) is 0 Å². The summed E-state index contributed by atoms with van der Waals surface area (Å²) in [6.07, 6.45) is 10.8. The van der Waals surface area contributed by atoms with Gasteiger partial charge in [0.1, 0.15) is 0 Å². The van der Waals surface area contributed by atoms with Crippen LogP contribution in [0.4, 0.5) is 0 Å². The van der Waals surface area contributed by atoms with Gasteiger partial charge in [0.2, 0.25) is 0 Å². The lowest BCUT2D eigenvalue weighted by Crippen LogP contribution is -1.94. The number of benzene rings is 6. The van der Waals surface area contributed by atoms with E-state index in [0.717, 1.165) is 23.9 Å². The maximum absolute atomic E-state index is 4.60. The zero-order chi connectivity index (χ0) is 29.5. The van der Waals surface area contributed by atoms with Crippen molar-refractivity contribution in [3.63, 3.8) is 0 Å². The number of aromatic nitrogens is 2. The average molecular weight is 573 g/mol. The first kappa shape index (κ1) is 24.7. The molecule has 2 aliphatic rings. The number of pyridine rings is 1. The molecular weight excluding hydrogens is 544 g/mol. The van der Waals surface area contributed by atoms with Crippen molar-refractivity contribution in [2.75, 3.05) is 0 Å². The van der Waals surface area contributed by atoms with Crippen LogP contribution >= 0.6 is 0 Å². The van der Waals surface area contributed by atoms with Gasteiger partial charge in [0.15, 0.2) is 0 Å². The van der Waals surface area contributed by atoms with Crippen LogP contribution in [0.3, 0.4) is 0 Å². The Morgan fingerprint density at radius 2 is 1.33 bits per heavy atom. The van der Waals surface area contributed by atoms with Gasteiger partial charge in [-0.2, -0.15) is 0 Å². The maximum atomic E-state index is 4.60. The van der Waals surface area contributed by atoms with E-state index in [0.29, 0.717) is 0 Å². The molecule has 2 nitrogen and oxygen atoms in total. The number of rotatable bonds is 3. The molecule has 2 aromatic heterocycles. The number of allylic oxidation sites excluding steroid dienone is 4. The molecule has 2 heterocycles. The predicted molar refractivity (Wildman–Crippen MR) is 190 cm³/mol. The van der Waals surface area contributed by atoms with Crippen LogP contribution in [-0.2, 0) is 0 Å². The number of fused-ring (bicyclic) bond motifs is 7. The smallest absolute Gasteiger partial charge is 0.0621 e. The molecule has 0 saturated carbocycles. The fraction of sp³-hybridized carbons (Fsp3) is 0.0465. The first-order valence-corrected chi connectivity index (χ1v) is 15.8. The molecule has 0 aliphatic heterocycles. The van der Waals surface area contributed by atoms with Gasteiger partial charge in [-0.1, -0.05) is 103 Å².